The molecular formula is C50H90O11. The molecule has 1 fully saturated rings. The SMILES string of the molecule is CCCCC/C=C\C/C=C\CCCCCCCCCC(=O)OCC(COC1OC(C(=O)O)C(O)C(O)C1O)OC(=O)CCCCCCCCCCCCCCCCCCCC. The average molecular weight is 867 g/mol. The second kappa shape index (κ2) is 40.5. The lowest BCUT2D eigenvalue weighted by Crippen LogP contribution is -2.60. The summed E-state index contributed by atoms with van der Waals surface area (Å²) in [6.07, 6.45) is 36.5. The van der Waals surface area contributed by atoms with Gasteiger partial charge in [0, 0.05) is 12.8 Å². The zero-order valence-electron chi connectivity index (χ0n) is 38.7. The van der Waals surface area contributed by atoms with Crippen molar-refractivity contribution in [3.63, 3.8) is 0 Å². The van der Waals surface area contributed by atoms with Crippen LogP contribution >= 0.6 is 0 Å². The fourth-order valence-electron chi connectivity index (χ4n) is 7.62. The van der Waals surface area contributed by atoms with Gasteiger partial charge < -0.3 is 39.4 Å². The molecule has 11 nitrogen and oxygen atoms in total. The van der Waals surface area contributed by atoms with E-state index < -0.39 is 54.7 Å². The van der Waals surface area contributed by atoms with Crippen molar-refractivity contribution in [2.75, 3.05) is 13.2 Å². The number of aliphatic hydroxyl groups excluding tert-OH is 3. The lowest BCUT2D eigenvalue weighted by molar-refractivity contribution is -0.298. The number of aliphatic hydroxyl groups is 3. The van der Waals surface area contributed by atoms with Gasteiger partial charge in [-0.3, -0.25) is 9.59 Å². The summed E-state index contributed by atoms with van der Waals surface area (Å²) in [5.74, 6) is -2.44. The van der Waals surface area contributed by atoms with Gasteiger partial charge in [-0.25, -0.2) is 4.79 Å². The van der Waals surface area contributed by atoms with E-state index >= 15 is 0 Å². The van der Waals surface area contributed by atoms with Crippen LogP contribution in [0.5, 0.6) is 0 Å². The second-order valence-electron chi connectivity index (χ2n) is 17.3. The number of carboxylic acids is 1. The maximum Gasteiger partial charge on any atom is 0.335 e. The second-order valence-corrected chi connectivity index (χ2v) is 17.3. The number of allylic oxidation sites excluding steroid dienone is 4. The van der Waals surface area contributed by atoms with E-state index in [0.29, 0.717) is 12.8 Å². The summed E-state index contributed by atoms with van der Waals surface area (Å²) in [7, 11) is 0. The van der Waals surface area contributed by atoms with Gasteiger partial charge in [-0.05, 0) is 44.9 Å². The van der Waals surface area contributed by atoms with Crippen LogP contribution in [0, 0.1) is 0 Å². The number of hydrogen-bond acceptors (Lipinski definition) is 10. The summed E-state index contributed by atoms with van der Waals surface area (Å²) in [6.45, 7) is 3.81. The number of carbonyl (C=O) groups is 3. The molecule has 0 saturated carbocycles. The van der Waals surface area contributed by atoms with Crippen LogP contribution in [-0.2, 0) is 33.3 Å². The van der Waals surface area contributed by atoms with Gasteiger partial charge in [0.05, 0.1) is 6.61 Å². The molecular weight excluding hydrogens is 777 g/mol. The molecule has 4 N–H and O–H groups in total. The number of rotatable bonds is 42. The number of hydrogen-bond donors (Lipinski definition) is 4. The zero-order valence-corrected chi connectivity index (χ0v) is 38.7. The Bertz CT molecular complexity index is 1110. The van der Waals surface area contributed by atoms with E-state index in [4.69, 9.17) is 18.9 Å². The molecule has 6 atom stereocenters. The molecule has 1 rings (SSSR count). The van der Waals surface area contributed by atoms with Crippen LogP contribution in [0.1, 0.15) is 226 Å². The van der Waals surface area contributed by atoms with Crippen LogP contribution in [0.2, 0.25) is 0 Å². The van der Waals surface area contributed by atoms with Crippen molar-refractivity contribution in [2.24, 2.45) is 0 Å². The van der Waals surface area contributed by atoms with Crippen LogP contribution in [0.4, 0.5) is 0 Å². The van der Waals surface area contributed by atoms with Gasteiger partial charge in [-0.1, -0.05) is 192 Å². The Morgan fingerprint density at radius 2 is 0.918 bits per heavy atom. The van der Waals surface area contributed by atoms with Gasteiger partial charge in [-0.15, -0.1) is 0 Å². The molecule has 0 radical (unpaired) electrons. The van der Waals surface area contributed by atoms with Gasteiger partial charge in [0.25, 0.3) is 0 Å². The molecule has 1 aliphatic rings. The highest BCUT2D eigenvalue weighted by atomic mass is 16.7. The van der Waals surface area contributed by atoms with E-state index in [1.54, 1.807) is 0 Å². The normalized spacial score (nSPS) is 19.8. The van der Waals surface area contributed by atoms with Crippen LogP contribution in [-0.4, -0.2) is 88.4 Å². The Balaban J connectivity index is 2.32. The van der Waals surface area contributed by atoms with Crippen molar-refractivity contribution < 1.29 is 53.8 Å². The Morgan fingerprint density at radius 1 is 0.508 bits per heavy atom. The highest BCUT2D eigenvalue weighted by molar-refractivity contribution is 5.73. The molecule has 0 bridgehead atoms. The molecule has 1 saturated heterocycles. The maximum atomic E-state index is 12.8. The molecule has 0 amide bonds. The number of aliphatic carboxylic acids is 1. The molecule has 0 aliphatic carbocycles. The number of esters is 2. The molecule has 1 heterocycles. The largest absolute Gasteiger partial charge is 0.479 e. The van der Waals surface area contributed by atoms with Crippen molar-refractivity contribution >= 4 is 17.9 Å². The Kier molecular flexibility index (Phi) is 37.6. The van der Waals surface area contributed by atoms with E-state index in [0.717, 1.165) is 51.4 Å². The van der Waals surface area contributed by atoms with Gasteiger partial charge in [0.1, 0.15) is 24.9 Å². The van der Waals surface area contributed by atoms with Gasteiger partial charge in [0.2, 0.25) is 0 Å². The molecule has 0 spiro atoms. The van der Waals surface area contributed by atoms with Crippen molar-refractivity contribution in [3.8, 4) is 0 Å². The Labute approximate surface area is 370 Å². The minimum Gasteiger partial charge on any atom is -0.479 e. The van der Waals surface area contributed by atoms with Gasteiger partial charge in [-0.2, -0.15) is 0 Å². The lowest BCUT2D eigenvalue weighted by Gasteiger charge is -2.38. The monoisotopic (exact) mass is 867 g/mol. The molecule has 356 valence electrons. The fraction of sp³-hybridized carbons (Fsp3) is 0.860. The maximum absolute atomic E-state index is 12.8. The smallest absolute Gasteiger partial charge is 0.335 e. The standard InChI is InChI=1S/C50H90O11/c1-3-5-7-9-11-13-15-17-19-21-23-25-27-29-31-33-35-37-39-44(52)60-42(41-59-50-47(55)45(53)46(54)48(61-50)49(56)57)40-58-43(51)38-36-34-32-30-28-26-24-22-20-18-16-14-12-10-8-6-4-2/h12,14,18,20,42,45-48,50,53-55H,3-11,13,15-17,19,21-41H2,1-2H3,(H,56,57)/b14-12-,20-18-. The summed E-state index contributed by atoms with van der Waals surface area (Å²) in [5.41, 5.74) is 0. The Hall–Kier alpha value is -2.31. The molecule has 1 aliphatic heterocycles. The van der Waals surface area contributed by atoms with Crippen molar-refractivity contribution in [3.05, 3.63) is 24.3 Å². The number of carboxylic acid groups (broad SMARTS) is 1. The molecule has 0 aromatic rings. The molecule has 6 unspecified atom stereocenters. The van der Waals surface area contributed by atoms with Gasteiger partial charge in [0.15, 0.2) is 18.5 Å². The quantitative estimate of drug-likeness (QED) is 0.0262. The van der Waals surface area contributed by atoms with Crippen molar-refractivity contribution in [1.82, 2.24) is 0 Å². The van der Waals surface area contributed by atoms with Crippen molar-refractivity contribution in [2.45, 2.75) is 263 Å². The first-order valence-corrected chi connectivity index (χ1v) is 24.9. The number of unbranched alkanes of at least 4 members (excludes halogenated alkanes) is 27. The Morgan fingerprint density at radius 3 is 1.39 bits per heavy atom. The van der Waals surface area contributed by atoms with Crippen LogP contribution < -0.4 is 0 Å². The summed E-state index contributed by atoms with van der Waals surface area (Å²) < 4.78 is 21.8. The number of ether oxygens (including phenoxy) is 4. The molecule has 0 aromatic heterocycles. The highest BCUT2D eigenvalue weighted by Crippen LogP contribution is 2.23. The third-order valence-electron chi connectivity index (χ3n) is 11.6. The van der Waals surface area contributed by atoms with E-state index in [1.165, 1.54) is 135 Å². The summed E-state index contributed by atoms with van der Waals surface area (Å²) >= 11 is 0. The first-order chi connectivity index (χ1) is 29.7. The number of carbonyl (C=O) groups excluding carboxylic acids is 2. The predicted molar refractivity (Wildman–Crippen MR) is 243 cm³/mol. The zero-order chi connectivity index (χ0) is 44.6. The van der Waals surface area contributed by atoms with Gasteiger partial charge >= 0.3 is 17.9 Å². The third kappa shape index (κ3) is 32.1. The summed E-state index contributed by atoms with van der Waals surface area (Å²) in [5, 5.41) is 39.9. The first kappa shape index (κ1) is 56.7. The highest BCUT2D eigenvalue weighted by Gasteiger charge is 2.47. The van der Waals surface area contributed by atoms with E-state index in [9.17, 15) is 34.8 Å². The fourth-order valence-corrected chi connectivity index (χ4v) is 7.62. The predicted octanol–water partition coefficient (Wildman–Crippen LogP) is 11.4. The van der Waals surface area contributed by atoms with E-state index in [-0.39, 0.29) is 26.1 Å². The molecule has 61 heavy (non-hydrogen) atoms. The van der Waals surface area contributed by atoms with Crippen molar-refractivity contribution in [1.29, 1.82) is 0 Å². The topological polar surface area (TPSA) is 169 Å². The average Bonchev–Trinajstić information content (AvgIpc) is 3.24. The van der Waals surface area contributed by atoms with Crippen LogP contribution in [0.25, 0.3) is 0 Å². The van der Waals surface area contributed by atoms with Crippen LogP contribution in [0.3, 0.4) is 0 Å². The first-order valence-electron chi connectivity index (χ1n) is 24.9. The van der Waals surface area contributed by atoms with E-state index in [2.05, 4.69) is 38.2 Å². The minimum atomic E-state index is -1.86. The minimum absolute atomic E-state index is 0.186. The third-order valence-corrected chi connectivity index (χ3v) is 11.6. The lowest BCUT2D eigenvalue weighted by atomic mass is 9.99. The summed E-state index contributed by atoms with van der Waals surface area (Å²) in [6, 6.07) is 0. The van der Waals surface area contributed by atoms with Crippen LogP contribution in [0.15, 0.2) is 24.3 Å². The molecule has 11 heteroatoms. The summed E-state index contributed by atoms with van der Waals surface area (Å²) in [4.78, 5) is 36.9. The molecule has 0 aromatic carbocycles. The van der Waals surface area contributed by atoms with E-state index in [1.807, 2.05) is 0 Å².